The predicted octanol–water partition coefficient (Wildman–Crippen LogP) is 3.15. The summed E-state index contributed by atoms with van der Waals surface area (Å²) in [5, 5.41) is 0. The molecule has 1 nitrogen and oxygen atoms in total. The number of piperidine rings is 1. The Morgan fingerprint density at radius 1 is 1.07 bits per heavy atom. The zero-order chi connectivity index (χ0) is 10.9. The van der Waals surface area contributed by atoms with Gasteiger partial charge in [-0.2, -0.15) is 0 Å². The molecule has 0 aromatic rings. The number of hydrogen-bond acceptors (Lipinski definition) is 1. The van der Waals surface area contributed by atoms with Crippen LogP contribution in [0.2, 0.25) is 0 Å². The highest BCUT2D eigenvalue weighted by Gasteiger charge is 2.76. The molecule has 0 N–H and O–H groups in total. The Bertz CT molecular complexity index is 270. The lowest BCUT2D eigenvalue weighted by molar-refractivity contribution is -0.0208. The van der Waals surface area contributed by atoms with Crippen LogP contribution in [0.5, 0.6) is 0 Å². The van der Waals surface area contributed by atoms with Gasteiger partial charge >= 0.3 is 0 Å². The van der Waals surface area contributed by atoms with Crippen molar-refractivity contribution in [3.63, 3.8) is 0 Å². The second-order valence-electron chi connectivity index (χ2n) is 6.56. The Hall–Kier alpha value is -0.0400. The maximum atomic E-state index is 2.58. The molecule has 0 spiro atoms. The molecule has 1 saturated heterocycles. The Balaban J connectivity index is 2.42. The minimum Gasteiger partial charge on any atom is -0.298 e. The van der Waals surface area contributed by atoms with E-state index < -0.39 is 0 Å². The van der Waals surface area contributed by atoms with E-state index in [2.05, 4.69) is 53.5 Å². The van der Waals surface area contributed by atoms with E-state index in [0.717, 1.165) is 12.0 Å². The van der Waals surface area contributed by atoms with Crippen LogP contribution in [0.4, 0.5) is 0 Å². The maximum Gasteiger partial charge on any atom is 0.0214 e. The maximum absolute atomic E-state index is 2.58. The van der Waals surface area contributed by atoms with Gasteiger partial charge in [0.2, 0.25) is 0 Å². The summed E-state index contributed by atoms with van der Waals surface area (Å²) in [6.07, 6.45) is 1.37. The van der Waals surface area contributed by atoms with E-state index in [1.54, 1.807) is 0 Å². The first-order valence-electron chi connectivity index (χ1n) is 5.92. The molecule has 0 radical (unpaired) electrons. The molecule has 1 aliphatic carbocycles. The number of nitrogens with zero attached hydrogens (tertiary/aromatic N) is 1. The van der Waals surface area contributed by atoms with Gasteiger partial charge in [-0.15, -0.1) is 0 Å². The van der Waals surface area contributed by atoms with E-state index in [-0.39, 0.29) is 0 Å². The van der Waals surface area contributed by atoms with Gasteiger partial charge in [-0.25, -0.2) is 0 Å². The molecule has 1 saturated carbocycles. The normalized spacial score (nSPS) is 56.8. The first-order valence-corrected chi connectivity index (χ1v) is 5.92. The van der Waals surface area contributed by atoms with Crippen LogP contribution < -0.4 is 0 Å². The van der Waals surface area contributed by atoms with E-state index >= 15 is 0 Å². The number of hydrogen-bond donors (Lipinski definition) is 0. The molecule has 4 unspecified atom stereocenters. The van der Waals surface area contributed by atoms with E-state index in [9.17, 15) is 0 Å². The van der Waals surface area contributed by atoms with Gasteiger partial charge in [0.25, 0.3) is 0 Å². The summed E-state index contributed by atoms with van der Waals surface area (Å²) < 4.78 is 0. The van der Waals surface area contributed by atoms with Crippen LogP contribution in [-0.2, 0) is 0 Å². The minimum absolute atomic E-state index is 0.346. The summed E-state index contributed by atoms with van der Waals surface area (Å²) in [6, 6.07) is 0.730. The highest BCUT2D eigenvalue weighted by molar-refractivity contribution is 5.27. The van der Waals surface area contributed by atoms with Crippen LogP contribution in [0.25, 0.3) is 0 Å². The highest BCUT2D eigenvalue weighted by atomic mass is 15.2. The lowest BCUT2D eigenvalue weighted by Crippen LogP contribution is -2.57. The summed E-state index contributed by atoms with van der Waals surface area (Å²) in [4.78, 5) is 2.58. The molecule has 1 heteroatoms. The third-order valence-electron chi connectivity index (χ3n) is 6.46. The van der Waals surface area contributed by atoms with E-state index in [1.165, 1.54) is 6.42 Å². The zero-order valence-electron chi connectivity index (χ0n) is 10.8. The molecule has 0 amide bonds. The van der Waals surface area contributed by atoms with Crippen molar-refractivity contribution >= 4 is 0 Å². The topological polar surface area (TPSA) is 3.24 Å². The molecule has 0 aromatic heterocycles. The van der Waals surface area contributed by atoms with Gasteiger partial charge in [-0.1, -0.05) is 20.8 Å². The van der Waals surface area contributed by atoms with Crippen LogP contribution in [0, 0.1) is 16.7 Å². The molecule has 0 aromatic carbocycles. The average molecular weight is 195 g/mol. The second-order valence-corrected chi connectivity index (χ2v) is 6.56. The largest absolute Gasteiger partial charge is 0.298 e. The molecule has 2 fully saturated rings. The van der Waals surface area contributed by atoms with Crippen LogP contribution in [-0.4, -0.2) is 23.5 Å². The summed E-state index contributed by atoms with van der Waals surface area (Å²) in [7, 11) is 2.29. The molecule has 4 atom stereocenters. The Morgan fingerprint density at radius 2 is 1.57 bits per heavy atom. The van der Waals surface area contributed by atoms with E-state index in [0.29, 0.717) is 16.4 Å². The third kappa shape index (κ3) is 0.778. The van der Waals surface area contributed by atoms with E-state index in [1.807, 2.05) is 0 Å². The summed E-state index contributed by atoms with van der Waals surface area (Å²) >= 11 is 0. The molecular formula is C13H25N. The summed E-state index contributed by atoms with van der Waals surface area (Å²) in [5.74, 6) is 0.873. The fourth-order valence-corrected chi connectivity index (χ4v) is 4.43. The first kappa shape index (κ1) is 10.5. The fraction of sp³-hybridized carbons (Fsp3) is 1.00. The van der Waals surface area contributed by atoms with Crippen LogP contribution >= 0.6 is 0 Å². The first-order chi connectivity index (χ1) is 6.19. The lowest BCUT2D eigenvalue weighted by Gasteiger charge is -2.51. The molecule has 1 aliphatic heterocycles. The van der Waals surface area contributed by atoms with Crippen molar-refractivity contribution in [3.8, 4) is 0 Å². The molecule has 1 heterocycles. The number of rotatable bonds is 0. The Labute approximate surface area is 88.9 Å². The standard InChI is InChI=1S/C13H25N/c1-9-8-12(5)10(2)13(12,6)11(3,4)14(9)7/h9-10H,8H2,1-7H3. The van der Waals surface area contributed by atoms with Gasteiger partial charge in [0, 0.05) is 11.6 Å². The average Bonchev–Trinajstić information content (AvgIpc) is 2.51. The molecule has 82 valence electrons. The van der Waals surface area contributed by atoms with Gasteiger partial charge in [-0.05, 0) is 51.0 Å². The van der Waals surface area contributed by atoms with Crippen molar-refractivity contribution in [2.45, 2.75) is 59.5 Å². The van der Waals surface area contributed by atoms with Gasteiger partial charge in [0.15, 0.2) is 0 Å². The van der Waals surface area contributed by atoms with E-state index in [4.69, 9.17) is 0 Å². The monoisotopic (exact) mass is 195 g/mol. The summed E-state index contributed by atoms with van der Waals surface area (Å²) in [6.45, 7) is 14.6. The third-order valence-corrected chi connectivity index (χ3v) is 6.46. The fourth-order valence-electron chi connectivity index (χ4n) is 4.43. The Kier molecular flexibility index (Phi) is 1.77. The van der Waals surface area contributed by atoms with Crippen molar-refractivity contribution in [2.24, 2.45) is 16.7 Å². The number of likely N-dealkylation sites (tertiary alicyclic amines) is 1. The van der Waals surface area contributed by atoms with Gasteiger partial charge in [-0.3, -0.25) is 4.90 Å². The smallest absolute Gasteiger partial charge is 0.0214 e. The van der Waals surface area contributed by atoms with Crippen molar-refractivity contribution in [1.82, 2.24) is 4.90 Å². The second kappa shape index (κ2) is 2.37. The summed E-state index contributed by atoms with van der Waals surface area (Å²) in [5.41, 5.74) is 1.45. The molecule has 14 heavy (non-hydrogen) atoms. The van der Waals surface area contributed by atoms with Crippen LogP contribution in [0.3, 0.4) is 0 Å². The van der Waals surface area contributed by atoms with Crippen LogP contribution in [0.1, 0.15) is 48.0 Å². The van der Waals surface area contributed by atoms with Crippen molar-refractivity contribution in [1.29, 1.82) is 0 Å². The van der Waals surface area contributed by atoms with Gasteiger partial charge < -0.3 is 0 Å². The molecule has 0 bridgehead atoms. The van der Waals surface area contributed by atoms with Crippen LogP contribution in [0.15, 0.2) is 0 Å². The minimum atomic E-state index is 0.346. The molecule has 2 rings (SSSR count). The van der Waals surface area contributed by atoms with Gasteiger partial charge in [0.1, 0.15) is 0 Å². The Morgan fingerprint density at radius 3 is 2.07 bits per heavy atom. The lowest BCUT2D eigenvalue weighted by atomic mass is 9.72. The molecule has 2 aliphatic rings. The predicted molar refractivity (Wildman–Crippen MR) is 61.3 cm³/mol. The SMILES string of the molecule is CC1CC2(C)C(C)C2(C)C(C)(C)N1C. The quantitative estimate of drug-likeness (QED) is 0.574. The van der Waals surface area contributed by atoms with Gasteiger partial charge in [0.05, 0.1) is 0 Å². The zero-order valence-corrected chi connectivity index (χ0v) is 10.8. The molecular weight excluding hydrogens is 170 g/mol. The van der Waals surface area contributed by atoms with Crippen molar-refractivity contribution in [2.75, 3.05) is 7.05 Å². The number of fused-ring (bicyclic) bond motifs is 1. The van der Waals surface area contributed by atoms with Crippen molar-refractivity contribution in [3.05, 3.63) is 0 Å². The highest BCUT2D eigenvalue weighted by Crippen LogP contribution is 2.78. The van der Waals surface area contributed by atoms with Crippen molar-refractivity contribution < 1.29 is 0 Å².